The van der Waals surface area contributed by atoms with Crippen molar-refractivity contribution in [3.63, 3.8) is 0 Å². The Morgan fingerprint density at radius 2 is 2.12 bits per heavy atom. The highest BCUT2D eigenvalue weighted by Gasteiger charge is 2.07. The third-order valence-electron chi connectivity index (χ3n) is 2.55. The Balaban J connectivity index is 2.21. The summed E-state index contributed by atoms with van der Waals surface area (Å²) in [4.78, 5) is 10.8. The highest BCUT2D eigenvalue weighted by Crippen LogP contribution is 2.08. The van der Waals surface area contributed by atoms with Crippen LogP contribution in [0.4, 0.5) is 0 Å². The van der Waals surface area contributed by atoms with Crippen LogP contribution < -0.4 is 0 Å². The first-order valence-corrected chi connectivity index (χ1v) is 7.02. The van der Waals surface area contributed by atoms with E-state index in [4.69, 9.17) is 5.11 Å². The summed E-state index contributed by atoms with van der Waals surface area (Å²) in [6.07, 6.45) is 8.70. The van der Waals surface area contributed by atoms with Crippen molar-refractivity contribution in [3.05, 3.63) is 24.0 Å². The maximum atomic E-state index is 10.8. The normalized spacial score (nSPS) is 10.6. The van der Waals surface area contributed by atoms with Gasteiger partial charge in [-0.05, 0) is 37.0 Å². The molecule has 0 radical (unpaired) electrons. The van der Waals surface area contributed by atoms with E-state index in [2.05, 4.69) is 6.26 Å². The zero-order chi connectivity index (χ0) is 11.8. The van der Waals surface area contributed by atoms with E-state index in [0.717, 1.165) is 13.0 Å². The first-order chi connectivity index (χ1) is 7.75. The molecule has 4 heteroatoms. The van der Waals surface area contributed by atoms with Crippen molar-refractivity contribution >= 4 is 17.7 Å². The standard InChI is InChI=1S/C12H19NO2S/c1-16-10-5-3-2-4-8-13-9-6-7-11(13)12(14)15/h6-7,9H,2-5,8,10H2,1H3,(H,14,15). The number of rotatable bonds is 8. The largest absolute Gasteiger partial charge is 0.477 e. The summed E-state index contributed by atoms with van der Waals surface area (Å²) >= 11 is 1.88. The van der Waals surface area contributed by atoms with Gasteiger partial charge in [-0.1, -0.05) is 12.8 Å². The van der Waals surface area contributed by atoms with Gasteiger partial charge in [-0.15, -0.1) is 0 Å². The van der Waals surface area contributed by atoms with Gasteiger partial charge in [0.25, 0.3) is 0 Å². The molecule has 16 heavy (non-hydrogen) atoms. The Kier molecular flexibility index (Phi) is 6.08. The Bertz CT molecular complexity index is 323. The summed E-state index contributed by atoms with van der Waals surface area (Å²) in [6.45, 7) is 0.813. The lowest BCUT2D eigenvalue weighted by Crippen LogP contribution is -2.07. The topological polar surface area (TPSA) is 42.2 Å². The van der Waals surface area contributed by atoms with Crippen molar-refractivity contribution in [1.29, 1.82) is 0 Å². The van der Waals surface area contributed by atoms with Gasteiger partial charge in [-0.3, -0.25) is 0 Å². The monoisotopic (exact) mass is 241 g/mol. The predicted octanol–water partition coefficient (Wildman–Crippen LogP) is 3.11. The summed E-state index contributed by atoms with van der Waals surface area (Å²) < 4.78 is 1.82. The SMILES string of the molecule is CSCCCCCCn1cccc1C(=O)O. The van der Waals surface area contributed by atoms with Gasteiger partial charge in [0, 0.05) is 12.7 Å². The van der Waals surface area contributed by atoms with Crippen LogP contribution >= 0.6 is 11.8 Å². The van der Waals surface area contributed by atoms with E-state index in [1.807, 2.05) is 22.5 Å². The van der Waals surface area contributed by atoms with Crippen LogP contribution in [0.3, 0.4) is 0 Å². The smallest absolute Gasteiger partial charge is 0.352 e. The molecule has 1 aromatic rings. The number of carbonyl (C=O) groups is 1. The number of nitrogens with zero attached hydrogens (tertiary/aromatic N) is 1. The molecule has 1 rings (SSSR count). The number of carboxylic acids is 1. The van der Waals surface area contributed by atoms with E-state index in [9.17, 15) is 4.79 Å². The fraction of sp³-hybridized carbons (Fsp3) is 0.583. The molecule has 0 aliphatic rings. The maximum absolute atomic E-state index is 10.8. The number of thioether (sulfide) groups is 1. The van der Waals surface area contributed by atoms with Gasteiger partial charge in [0.15, 0.2) is 0 Å². The second kappa shape index (κ2) is 7.39. The number of hydrogen-bond donors (Lipinski definition) is 1. The minimum absolute atomic E-state index is 0.393. The van der Waals surface area contributed by atoms with Crippen LogP contribution in [0.25, 0.3) is 0 Å². The second-order valence-corrected chi connectivity index (χ2v) is 4.78. The molecule has 90 valence electrons. The van der Waals surface area contributed by atoms with E-state index in [1.165, 1.54) is 25.0 Å². The number of unbranched alkanes of at least 4 members (excludes halogenated alkanes) is 3. The molecule has 1 heterocycles. The van der Waals surface area contributed by atoms with Gasteiger partial charge in [-0.2, -0.15) is 11.8 Å². The Morgan fingerprint density at radius 1 is 1.38 bits per heavy atom. The Morgan fingerprint density at radius 3 is 2.81 bits per heavy atom. The van der Waals surface area contributed by atoms with Gasteiger partial charge >= 0.3 is 5.97 Å². The molecular weight excluding hydrogens is 222 g/mol. The lowest BCUT2D eigenvalue weighted by atomic mass is 10.2. The van der Waals surface area contributed by atoms with Crippen molar-refractivity contribution < 1.29 is 9.90 Å². The molecule has 0 unspecified atom stereocenters. The van der Waals surface area contributed by atoms with E-state index < -0.39 is 5.97 Å². The Labute approximate surface area is 101 Å². The summed E-state index contributed by atoms with van der Waals surface area (Å²) in [5.41, 5.74) is 0.393. The molecule has 3 nitrogen and oxygen atoms in total. The number of carboxylic acid groups (broad SMARTS) is 1. The van der Waals surface area contributed by atoms with Crippen molar-refractivity contribution in [3.8, 4) is 0 Å². The van der Waals surface area contributed by atoms with Crippen molar-refractivity contribution in [2.75, 3.05) is 12.0 Å². The van der Waals surface area contributed by atoms with Crippen LogP contribution in [0.5, 0.6) is 0 Å². The quantitative estimate of drug-likeness (QED) is 0.711. The molecule has 0 aliphatic carbocycles. The minimum atomic E-state index is -0.840. The molecule has 0 atom stereocenters. The molecule has 0 amide bonds. The molecule has 0 saturated heterocycles. The summed E-state index contributed by atoms with van der Waals surface area (Å²) in [5.74, 6) is 0.386. The summed E-state index contributed by atoms with van der Waals surface area (Å²) in [6, 6.07) is 3.44. The average Bonchev–Trinajstić information content (AvgIpc) is 2.71. The molecule has 0 bridgehead atoms. The molecule has 0 aliphatic heterocycles. The van der Waals surface area contributed by atoms with Crippen LogP contribution in [0.2, 0.25) is 0 Å². The molecule has 1 N–H and O–H groups in total. The zero-order valence-corrected chi connectivity index (χ0v) is 10.5. The van der Waals surface area contributed by atoms with E-state index in [-0.39, 0.29) is 0 Å². The molecule has 1 aromatic heterocycles. The fourth-order valence-corrected chi connectivity index (χ4v) is 2.18. The molecule has 0 saturated carbocycles. The van der Waals surface area contributed by atoms with Crippen molar-refractivity contribution in [2.24, 2.45) is 0 Å². The molecular formula is C12H19NO2S. The number of aromatic carboxylic acids is 1. The molecule has 0 aromatic carbocycles. The molecule has 0 spiro atoms. The summed E-state index contributed by atoms with van der Waals surface area (Å²) in [7, 11) is 0. The lowest BCUT2D eigenvalue weighted by molar-refractivity contribution is 0.0685. The van der Waals surface area contributed by atoms with E-state index in [1.54, 1.807) is 12.1 Å². The van der Waals surface area contributed by atoms with Crippen molar-refractivity contribution in [2.45, 2.75) is 32.2 Å². The van der Waals surface area contributed by atoms with E-state index in [0.29, 0.717) is 5.69 Å². The first kappa shape index (κ1) is 13.2. The van der Waals surface area contributed by atoms with Crippen LogP contribution in [-0.2, 0) is 6.54 Å². The van der Waals surface area contributed by atoms with Gasteiger partial charge in [-0.25, -0.2) is 4.79 Å². The van der Waals surface area contributed by atoms with Gasteiger partial charge in [0.1, 0.15) is 5.69 Å². The van der Waals surface area contributed by atoms with Crippen LogP contribution in [-0.4, -0.2) is 27.7 Å². The second-order valence-electron chi connectivity index (χ2n) is 3.80. The third kappa shape index (κ3) is 4.31. The summed E-state index contributed by atoms with van der Waals surface area (Å²) in [5, 5.41) is 8.90. The van der Waals surface area contributed by atoms with Gasteiger partial charge in [0.2, 0.25) is 0 Å². The number of aryl methyl sites for hydroxylation is 1. The lowest BCUT2D eigenvalue weighted by Gasteiger charge is -2.05. The van der Waals surface area contributed by atoms with E-state index >= 15 is 0 Å². The third-order valence-corrected chi connectivity index (χ3v) is 3.24. The zero-order valence-electron chi connectivity index (χ0n) is 9.69. The molecule has 0 fully saturated rings. The van der Waals surface area contributed by atoms with Crippen LogP contribution in [0, 0.1) is 0 Å². The fourth-order valence-electron chi connectivity index (χ4n) is 1.69. The Hall–Kier alpha value is -0.900. The van der Waals surface area contributed by atoms with Crippen molar-refractivity contribution in [1.82, 2.24) is 4.57 Å². The first-order valence-electron chi connectivity index (χ1n) is 5.63. The van der Waals surface area contributed by atoms with Crippen LogP contribution in [0.1, 0.15) is 36.2 Å². The van der Waals surface area contributed by atoms with Crippen LogP contribution in [0.15, 0.2) is 18.3 Å². The van der Waals surface area contributed by atoms with Gasteiger partial charge in [0.05, 0.1) is 0 Å². The number of hydrogen-bond acceptors (Lipinski definition) is 2. The predicted molar refractivity (Wildman–Crippen MR) is 68.2 cm³/mol. The maximum Gasteiger partial charge on any atom is 0.352 e. The van der Waals surface area contributed by atoms with Gasteiger partial charge < -0.3 is 9.67 Å². The average molecular weight is 241 g/mol. The minimum Gasteiger partial charge on any atom is -0.477 e. The number of aromatic nitrogens is 1. The highest BCUT2D eigenvalue weighted by molar-refractivity contribution is 7.98. The highest BCUT2D eigenvalue weighted by atomic mass is 32.2.